The highest BCUT2D eigenvalue weighted by Crippen LogP contribution is 2.41. The molecule has 0 bridgehead atoms. The first-order valence-corrected chi connectivity index (χ1v) is 12.1. The average Bonchev–Trinajstić information content (AvgIpc) is 3.43. The van der Waals surface area contributed by atoms with Gasteiger partial charge in [0.25, 0.3) is 0 Å². The molecule has 0 aliphatic heterocycles. The Morgan fingerprint density at radius 1 is 1.12 bits per heavy atom. The molecule has 3 amide bonds. The first kappa shape index (κ1) is 26.7. The summed E-state index contributed by atoms with van der Waals surface area (Å²) in [4.78, 5) is 40.8. The Bertz CT molecular complexity index is 826. The Morgan fingerprint density at radius 2 is 1.73 bits per heavy atom. The monoisotopic (exact) mass is 459 g/mol. The van der Waals surface area contributed by atoms with E-state index in [0.29, 0.717) is 12.5 Å². The summed E-state index contributed by atoms with van der Waals surface area (Å²) < 4.78 is 5.27. The SMILES string of the molecule is CCCCCNC(=O)C(c1c(C)cccc1C)N(C(=O)CNC(=O)OC(C)(C)C)C1CC1C. The molecule has 7 nitrogen and oxygen atoms in total. The van der Waals surface area contributed by atoms with Crippen molar-refractivity contribution in [3.8, 4) is 0 Å². The van der Waals surface area contributed by atoms with Gasteiger partial charge < -0.3 is 20.3 Å². The van der Waals surface area contributed by atoms with Gasteiger partial charge in [-0.1, -0.05) is 44.9 Å². The molecule has 1 aromatic rings. The zero-order chi connectivity index (χ0) is 24.8. The molecule has 2 rings (SSSR count). The molecule has 7 heteroatoms. The minimum atomic E-state index is -0.740. The molecule has 184 valence electrons. The molecule has 1 fully saturated rings. The van der Waals surface area contributed by atoms with Gasteiger partial charge in [-0.15, -0.1) is 0 Å². The van der Waals surface area contributed by atoms with Crippen molar-refractivity contribution < 1.29 is 19.1 Å². The first-order chi connectivity index (χ1) is 15.5. The summed E-state index contributed by atoms with van der Waals surface area (Å²) in [5.41, 5.74) is 2.14. The van der Waals surface area contributed by atoms with Crippen LogP contribution in [-0.2, 0) is 14.3 Å². The maximum absolute atomic E-state index is 13.5. The van der Waals surface area contributed by atoms with Crippen molar-refractivity contribution in [3.05, 3.63) is 34.9 Å². The Morgan fingerprint density at radius 3 is 2.24 bits per heavy atom. The quantitative estimate of drug-likeness (QED) is 0.507. The van der Waals surface area contributed by atoms with Gasteiger partial charge >= 0.3 is 6.09 Å². The van der Waals surface area contributed by atoms with Gasteiger partial charge in [0.1, 0.15) is 18.2 Å². The number of nitrogens with one attached hydrogen (secondary N) is 2. The third-order valence-electron chi connectivity index (χ3n) is 5.92. The topological polar surface area (TPSA) is 87.7 Å². The Kier molecular flexibility index (Phi) is 9.32. The number of aryl methyl sites for hydroxylation is 2. The number of unbranched alkanes of at least 4 members (excludes halogenated alkanes) is 2. The molecule has 0 spiro atoms. The summed E-state index contributed by atoms with van der Waals surface area (Å²) in [5, 5.41) is 5.62. The summed E-state index contributed by atoms with van der Waals surface area (Å²) in [6.07, 6.45) is 3.19. The van der Waals surface area contributed by atoms with Crippen molar-refractivity contribution in [1.29, 1.82) is 0 Å². The number of alkyl carbamates (subject to hydrolysis) is 1. The molecule has 0 radical (unpaired) electrons. The summed E-state index contributed by atoms with van der Waals surface area (Å²) in [6.45, 7) is 13.8. The number of carbonyl (C=O) groups excluding carboxylic acids is 3. The van der Waals surface area contributed by atoms with Gasteiger partial charge in [0.2, 0.25) is 11.8 Å². The van der Waals surface area contributed by atoms with Gasteiger partial charge in [0.05, 0.1) is 0 Å². The highest BCUT2D eigenvalue weighted by atomic mass is 16.6. The van der Waals surface area contributed by atoms with Crippen molar-refractivity contribution in [2.75, 3.05) is 13.1 Å². The van der Waals surface area contributed by atoms with Crippen LogP contribution in [0.1, 0.15) is 83.0 Å². The predicted molar refractivity (Wildman–Crippen MR) is 130 cm³/mol. The largest absolute Gasteiger partial charge is 0.444 e. The molecule has 1 saturated carbocycles. The van der Waals surface area contributed by atoms with Crippen molar-refractivity contribution >= 4 is 17.9 Å². The molecule has 1 aliphatic carbocycles. The van der Waals surface area contributed by atoms with Crippen molar-refractivity contribution in [2.24, 2.45) is 5.92 Å². The van der Waals surface area contributed by atoms with Crippen LogP contribution in [0, 0.1) is 19.8 Å². The predicted octanol–water partition coefficient (Wildman–Crippen LogP) is 4.41. The van der Waals surface area contributed by atoms with Gasteiger partial charge in [-0.05, 0) is 70.1 Å². The van der Waals surface area contributed by atoms with Crippen LogP contribution in [0.5, 0.6) is 0 Å². The number of hydrogen-bond donors (Lipinski definition) is 2. The van der Waals surface area contributed by atoms with Crippen LogP contribution < -0.4 is 10.6 Å². The molecule has 0 saturated heterocycles. The number of nitrogens with zero attached hydrogens (tertiary/aromatic N) is 1. The third kappa shape index (κ3) is 7.76. The van der Waals surface area contributed by atoms with Gasteiger partial charge in [0.15, 0.2) is 0 Å². The maximum atomic E-state index is 13.5. The van der Waals surface area contributed by atoms with Crippen molar-refractivity contribution in [3.63, 3.8) is 0 Å². The normalized spacial score (nSPS) is 18.3. The average molecular weight is 460 g/mol. The van der Waals surface area contributed by atoms with Crippen molar-refractivity contribution in [2.45, 2.75) is 91.8 Å². The molecule has 0 heterocycles. The van der Waals surface area contributed by atoms with E-state index in [1.54, 1.807) is 25.7 Å². The summed E-state index contributed by atoms with van der Waals surface area (Å²) >= 11 is 0. The van der Waals surface area contributed by atoms with Crippen LogP contribution in [0.25, 0.3) is 0 Å². The second-order valence-electron chi connectivity index (χ2n) is 10.1. The van der Waals surface area contributed by atoms with Crippen LogP contribution >= 0.6 is 0 Å². The lowest BCUT2D eigenvalue weighted by molar-refractivity contribution is -0.141. The standard InChI is InChI=1S/C26H41N3O4/c1-8-9-10-14-27-24(31)23(22-17(2)12-11-13-18(22)3)29(20-15-19(20)4)21(30)16-28-25(32)33-26(5,6)7/h11-13,19-20,23H,8-10,14-16H2,1-7H3,(H,27,31)(H,28,32). The Labute approximate surface area is 198 Å². The van der Waals surface area contributed by atoms with Gasteiger partial charge in [0, 0.05) is 12.6 Å². The van der Waals surface area contributed by atoms with E-state index in [0.717, 1.165) is 42.4 Å². The zero-order valence-corrected chi connectivity index (χ0v) is 21.3. The number of carbonyl (C=O) groups is 3. The molecule has 1 aromatic carbocycles. The minimum Gasteiger partial charge on any atom is -0.444 e. The number of ether oxygens (including phenoxy) is 1. The Balaban J connectivity index is 2.31. The van der Waals surface area contributed by atoms with Gasteiger partial charge in [-0.25, -0.2) is 4.79 Å². The Hall–Kier alpha value is -2.57. The van der Waals surface area contributed by atoms with E-state index in [1.165, 1.54) is 0 Å². The second-order valence-corrected chi connectivity index (χ2v) is 10.1. The molecule has 3 unspecified atom stereocenters. The van der Waals surface area contributed by atoms with Crippen LogP contribution in [-0.4, -0.2) is 47.5 Å². The van der Waals surface area contributed by atoms with E-state index in [9.17, 15) is 14.4 Å². The molecule has 3 atom stereocenters. The van der Waals surface area contributed by atoms with Crippen LogP contribution in [0.4, 0.5) is 4.79 Å². The fraction of sp³-hybridized carbons (Fsp3) is 0.654. The van der Waals surface area contributed by atoms with E-state index in [2.05, 4.69) is 24.5 Å². The van der Waals surface area contributed by atoms with E-state index in [1.807, 2.05) is 32.0 Å². The van der Waals surface area contributed by atoms with Crippen LogP contribution in [0.3, 0.4) is 0 Å². The van der Waals surface area contributed by atoms with Crippen molar-refractivity contribution in [1.82, 2.24) is 15.5 Å². The lowest BCUT2D eigenvalue weighted by Crippen LogP contribution is -2.49. The number of benzene rings is 1. The second kappa shape index (κ2) is 11.5. The van der Waals surface area contributed by atoms with E-state index < -0.39 is 17.7 Å². The number of amides is 3. The highest BCUT2D eigenvalue weighted by Gasteiger charge is 2.46. The lowest BCUT2D eigenvalue weighted by Gasteiger charge is -2.34. The smallest absolute Gasteiger partial charge is 0.408 e. The third-order valence-corrected chi connectivity index (χ3v) is 5.92. The van der Waals surface area contributed by atoms with E-state index >= 15 is 0 Å². The fourth-order valence-electron chi connectivity index (χ4n) is 4.10. The first-order valence-electron chi connectivity index (χ1n) is 12.1. The molecule has 33 heavy (non-hydrogen) atoms. The van der Waals surface area contributed by atoms with Crippen LogP contribution in [0.2, 0.25) is 0 Å². The highest BCUT2D eigenvalue weighted by molar-refractivity contribution is 5.91. The molecular weight excluding hydrogens is 418 g/mol. The lowest BCUT2D eigenvalue weighted by atomic mass is 9.93. The zero-order valence-electron chi connectivity index (χ0n) is 21.3. The fourth-order valence-corrected chi connectivity index (χ4v) is 4.10. The van der Waals surface area contributed by atoms with Gasteiger partial charge in [-0.3, -0.25) is 9.59 Å². The molecule has 0 aromatic heterocycles. The number of rotatable bonds is 10. The maximum Gasteiger partial charge on any atom is 0.408 e. The van der Waals surface area contributed by atoms with E-state index in [4.69, 9.17) is 4.74 Å². The van der Waals surface area contributed by atoms with E-state index in [-0.39, 0.29) is 24.4 Å². The number of hydrogen-bond acceptors (Lipinski definition) is 4. The molecule has 1 aliphatic rings. The minimum absolute atomic E-state index is 0.0386. The summed E-state index contributed by atoms with van der Waals surface area (Å²) in [5.74, 6) is -0.157. The molecular formula is C26H41N3O4. The molecule has 2 N–H and O–H groups in total. The summed E-state index contributed by atoms with van der Waals surface area (Å²) in [7, 11) is 0. The van der Waals surface area contributed by atoms with Crippen LogP contribution in [0.15, 0.2) is 18.2 Å². The van der Waals surface area contributed by atoms with Gasteiger partial charge in [-0.2, -0.15) is 0 Å². The summed E-state index contributed by atoms with van der Waals surface area (Å²) in [6, 6.07) is 5.12.